The molecule has 2 unspecified atom stereocenters. The summed E-state index contributed by atoms with van der Waals surface area (Å²) in [7, 11) is 0. The summed E-state index contributed by atoms with van der Waals surface area (Å²) >= 11 is 3.69. The Bertz CT molecular complexity index is 437. The van der Waals surface area contributed by atoms with Crippen molar-refractivity contribution in [1.29, 1.82) is 0 Å². The standard InChI is InChI=1S/C12H17N3S2/c1-7-5-13-11(16-7)8(2)15-12-14-6-10(17-12)9-3-4-9/h5,8-10H,3-4,6H2,1-2H3,(H,14,15). The number of aryl methyl sites for hydroxylation is 1. The molecule has 1 aliphatic heterocycles. The van der Waals surface area contributed by atoms with Crippen LogP contribution in [0.4, 0.5) is 0 Å². The second-order valence-corrected chi connectivity index (χ2v) is 7.31. The molecule has 2 heterocycles. The summed E-state index contributed by atoms with van der Waals surface area (Å²) in [6.45, 7) is 5.26. The lowest BCUT2D eigenvalue weighted by Gasteiger charge is -2.12. The molecule has 3 nitrogen and oxygen atoms in total. The van der Waals surface area contributed by atoms with Gasteiger partial charge < -0.3 is 5.32 Å². The van der Waals surface area contributed by atoms with Crippen LogP contribution in [-0.4, -0.2) is 21.9 Å². The van der Waals surface area contributed by atoms with E-state index in [4.69, 9.17) is 0 Å². The molecule has 1 saturated carbocycles. The predicted octanol–water partition coefficient (Wildman–Crippen LogP) is 2.98. The molecule has 0 amide bonds. The number of hydrogen-bond acceptors (Lipinski definition) is 5. The largest absolute Gasteiger partial charge is 0.356 e. The lowest BCUT2D eigenvalue weighted by Crippen LogP contribution is -2.23. The molecule has 17 heavy (non-hydrogen) atoms. The molecule has 1 aromatic heterocycles. The van der Waals surface area contributed by atoms with Crippen LogP contribution in [0.25, 0.3) is 0 Å². The molecular formula is C12H17N3S2. The maximum Gasteiger partial charge on any atom is 0.157 e. The van der Waals surface area contributed by atoms with Crippen LogP contribution in [0.1, 0.15) is 35.7 Å². The molecule has 2 aliphatic rings. The molecule has 3 rings (SSSR count). The minimum Gasteiger partial charge on any atom is -0.356 e. The first-order valence-corrected chi connectivity index (χ1v) is 7.82. The molecule has 92 valence electrons. The van der Waals surface area contributed by atoms with E-state index in [1.807, 2.05) is 18.0 Å². The highest BCUT2D eigenvalue weighted by atomic mass is 32.2. The molecular weight excluding hydrogens is 250 g/mol. The van der Waals surface area contributed by atoms with Crippen molar-refractivity contribution in [2.45, 2.75) is 38.0 Å². The van der Waals surface area contributed by atoms with Crippen LogP contribution in [0.3, 0.4) is 0 Å². The molecule has 1 aliphatic carbocycles. The Morgan fingerprint density at radius 1 is 1.47 bits per heavy atom. The van der Waals surface area contributed by atoms with E-state index >= 15 is 0 Å². The number of aliphatic imine (C=N–C) groups is 1. The predicted molar refractivity (Wildman–Crippen MR) is 74.8 cm³/mol. The molecule has 1 aromatic rings. The SMILES string of the molecule is Cc1cnc(C(C)NC2=NCC(C3CC3)S2)s1. The molecule has 5 heteroatoms. The third-order valence-electron chi connectivity index (χ3n) is 3.18. The number of amidine groups is 1. The Labute approximate surface area is 110 Å². The molecule has 2 atom stereocenters. The van der Waals surface area contributed by atoms with Crippen molar-refractivity contribution in [2.75, 3.05) is 6.54 Å². The smallest absolute Gasteiger partial charge is 0.157 e. The fraction of sp³-hybridized carbons (Fsp3) is 0.667. The first-order valence-electron chi connectivity index (χ1n) is 6.12. The Morgan fingerprint density at radius 3 is 2.94 bits per heavy atom. The normalized spacial score (nSPS) is 25.8. The van der Waals surface area contributed by atoms with Crippen molar-refractivity contribution in [3.63, 3.8) is 0 Å². The van der Waals surface area contributed by atoms with Gasteiger partial charge in [-0.25, -0.2) is 4.98 Å². The zero-order valence-corrected chi connectivity index (χ0v) is 11.8. The highest BCUT2D eigenvalue weighted by Crippen LogP contribution is 2.41. The third-order valence-corrected chi connectivity index (χ3v) is 5.58. The number of rotatable bonds is 3. The average molecular weight is 267 g/mol. The zero-order valence-electron chi connectivity index (χ0n) is 10.1. The van der Waals surface area contributed by atoms with Crippen LogP contribution in [-0.2, 0) is 0 Å². The number of aromatic nitrogens is 1. The van der Waals surface area contributed by atoms with E-state index in [1.54, 1.807) is 11.3 Å². The Hall–Kier alpha value is -0.550. The average Bonchev–Trinajstić information content (AvgIpc) is 2.90. The van der Waals surface area contributed by atoms with Crippen LogP contribution in [0.5, 0.6) is 0 Å². The maximum atomic E-state index is 4.60. The van der Waals surface area contributed by atoms with Gasteiger partial charge in [0.25, 0.3) is 0 Å². The second-order valence-electron chi connectivity index (χ2n) is 4.81. The summed E-state index contributed by atoms with van der Waals surface area (Å²) in [5.74, 6) is 0.931. The fourth-order valence-corrected chi connectivity index (χ4v) is 4.07. The molecule has 0 radical (unpaired) electrons. The van der Waals surface area contributed by atoms with Crippen molar-refractivity contribution in [1.82, 2.24) is 10.3 Å². The Kier molecular flexibility index (Phi) is 3.13. The number of thiazole rings is 1. The van der Waals surface area contributed by atoms with Crippen molar-refractivity contribution in [2.24, 2.45) is 10.9 Å². The van der Waals surface area contributed by atoms with Gasteiger partial charge in [-0.2, -0.15) is 0 Å². The third kappa shape index (κ3) is 2.65. The highest BCUT2D eigenvalue weighted by Gasteiger charge is 2.35. The van der Waals surface area contributed by atoms with Crippen LogP contribution in [0.2, 0.25) is 0 Å². The first kappa shape index (κ1) is 11.5. The zero-order chi connectivity index (χ0) is 11.8. The van der Waals surface area contributed by atoms with E-state index in [-0.39, 0.29) is 6.04 Å². The summed E-state index contributed by atoms with van der Waals surface area (Å²) in [6, 6.07) is 0.276. The molecule has 0 saturated heterocycles. The van der Waals surface area contributed by atoms with Gasteiger partial charge >= 0.3 is 0 Å². The molecule has 1 fully saturated rings. The number of nitrogens with zero attached hydrogens (tertiary/aromatic N) is 2. The lowest BCUT2D eigenvalue weighted by atomic mass is 10.3. The van der Waals surface area contributed by atoms with E-state index in [9.17, 15) is 0 Å². The van der Waals surface area contributed by atoms with E-state index in [0.717, 1.165) is 27.9 Å². The summed E-state index contributed by atoms with van der Waals surface area (Å²) in [4.78, 5) is 10.3. The van der Waals surface area contributed by atoms with Gasteiger partial charge in [0, 0.05) is 16.3 Å². The summed E-state index contributed by atoms with van der Waals surface area (Å²) in [5, 5.41) is 6.49. The first-order chi connectivity index (χ1) is 8.22. The number of thioether (sulfide) groups is 1. The van der Waals surface area contributed by atoms with Gasteiger partial charge in [0.2, 0.25) is 0 Å². The van der Waals surface area contributed by atoms with E-state index in [0.29, 0.717) is 0 Å². The van der Waals surface area contributed by atoms with Crippen LogP contribution in [0.15, 0.2) is 11.2 Å². The lowest BCUT2D eigenvalue weighted by molar-refractivity contribution is 0.714. The van der Waals surface area contributed by atoms with E-state index in [1.165, 1.54) is 17.7 Å². The monoisotopic (exact) mass is 267 g/mol. The number of hydrogen-bond donors (Lipinski definition) is 1. The van der Waals surface area contributed by atoms with Gasteiger partial charge in [-0.1, -0.05) is 11.8 Å². The van der Waals surface area contributed by atoms with Crippen molar-refractivity contribution in [3.05, 3.63) is 16.1 Å². The minimum absolute atomic E-state index is 0.276. The summed E-state index contributed by atoms with van der Waals surface area (Å²) in [5.41, 5.74) is 0. The fourth-order valence-electron chi connectivity index (χ4n) is 2.00. The van der Waals surface area contributed by atoms with Crippen LogP contribution >= 0.6 is 23.1 Å². The van der Waals surface area contributed by atoms with Gasteiger partial charge in [0.1, 0.15) is 5.01 Å². The van der Waals surface area contributed by atoms with E-state index in [2.05, 4.69) is 29.1 Å². The van der Waals surface area contributed by atoms with E-state index < -0.39 is 0 Å². The second kappa shape index (κ2) is 4.61. The van der Waals surface area contributed by atoms with Gasteiger partial charge in [-0.15, -0.1) is 11.3 Å². The highest BCUT2D eigenvalue weighted by molar-refractivity contribution is 8.14. The van der Waals surface area contributed by atoms with Gasteiger partial charge in [0.05, 0.1) is 12.6 Å². The van der Waals surface area contributed by atoms with Gasteiger partial charge in [-0.05, 0) is 32.6 Å². The topological polar surface area (TPSA) is 37.3 Å². The Morgan fingerprint density at radius 2 is 2.29 bits per heavy atom. The van der Waals surface area contributed by atoms with Crippen molar-refractivity contribution < 1.29 is 0 Å². The maximum absolute atomic E-state index is 4.60. The quantitative estimate of drug-likeness (QED) is 0.915. The molecule has 0 spiro atoms. The number of nitrogens with one attached hydrogen (secondary N) is 1. The van der Waals surface area contributed by atoms with Crippen molar-refractivity contribution in [3.8, 4) is 0 Å². The van der Waals surface area contributed by atoms with Crippen LogP contribution < -0.4 is 5.32 Å². The van der Waals surface area contributed by atoms with Crippen molar-refractivity contribution >= 4 is 28.3 Å². The molecule has 1 N–H and O–H groups in total. The summed E-state index contributed by atoms with van der Waals surface area (Å²) < 4.78 is 0. The molecule has 0 aromatic carbocycles. The molecule has 0 bridgehead atoms. The van der Waals surface area contributed by atoms with Gasteiger partial charge in [0.15, 0.2) is 5.17 Å². The minimum atomic E-state index is 0.276. The summed E-state index contributed by atoms with van der Waals surface area (Å²) in [6.07, 6.45) is 4.75. The Balaban J connectivity index is 1.56. The van der Waals surface area contributed by atoms with Crippen LogP contribution in [0, 0.1) is 12.8 Å². The van der Waals surface area contributed by atoms with Gasteiger partial charge in [-0.3, -0.25) is 4.99 Å².